The largest absolute Gasteiger partial charge is 0.493 e. The molecule has 0 aromatic heterocycles. The van der Waals surface area contributed by atoms with Crippen LogP contribution in [0.25, 0.3) is 6.08 Å². The van der Waals surface area contributed by atoms with Gasteiger partial charge in [-0.25, -0.2) is 9.69 Å². The van der Waals surface area contributed by atoms with Crippen LogP contribution in [0.2, 0.25) is 5.02 Å². The average molecular weight is 458 g/mol. The van der Waals surface area contributed by atoms with E-state index in [4.69, 9.17) is 21.1 Å². The third-order valence-corrected chi connectivity index (χ3v) is 4.76. The molecule has 0 spiro atoms. The lowest BCUT2D eigenvalue weighted by Crippen LogP contribution is -2.38. The van der Waals surface area contributed by atoms with Crippen LogP contribution in [0.1, 0.15) is 25.0 Å². The molecule has 0 atom stereocenters. The number of imide groups is 1. The van der Waals surface area contributed by atoms with Gasteiger partial charge < -0.3 is 20.1 Å². The summed E-state index contributed by atoms with van der Waals surface area (Å²) in [5.74, 6) is -0.320. The number of hydrogen-bond donors (Lipinski definition) is 2. The molecular weight excluding hydrogens is 434 g/mol. The number of carbonyl (C=O) groups excluding carboxylic acids is 3. The van der Waals surface area contributed by atoms with Crippen LogP contribution in [0.3, 0.4) is 0 Å². The van der Waals surface area contributed by atoms with Crippen LogP contribution in [0, 0.1) is 6.92 Å². The molecule has 168 valence electrons. The first kappa shape index (κ1) is 23.1. The quantitative estimate of drug-likeness (QED) is 0.484. The standard InChI is InChI=1S/C23H24ClN3O5/c1-13(2)32-21-17(24)9-15(11-19(21)31-4)10-18-22(29)27(23(30)26-18)12-20(28)25-16-7-5-6-14(3)8-16/h5-11,13H,12H2,1-4H3,(H,25,28)(H,26,30)/b18-10+. The molecule has 1 aliphatic rings. The van der Waals surface area contributed by atoms with Crippen molar-refractivity contribution < 1.29 is 23.9 Å². The molecule has 4 amide bonds. The Labute approximate surface area is 191 Å². The van der Waals surface area contributed by atoms with Crippen molar-refractivity contribution in [2.75, 3.05) is 19.0 Å². The van der Waals surface area contributed by atoms with Crippen molar-refractivity contribution in [3.8, 4) is 11.5 Å². The number of anilines is 1. The number of aryl methyl sites for hydroxylation is 1. The molecular formula is C23H24ClN3O5. The summed E-state index contributed by atoms with van der Waals surface area (Å²) >= 11 is 6.32. The fourth-order valence-electron chi connectivity index (χ4n) is 3.12. The van der Waals surface area contributed by atoms with Crippen molar-refractivity contribution >= 4 is 41.2 Å². The summed E-state index contributed by atoms with van der Waals surface area (Å²) < 4.78 is 11.0. The number of nitrogens with one attached hydrogen (secondary N) is 2. The lowest BCUT2D eigenvalue weighted by atomic mass is 10.1. The summed E-state index contributed by atoms with van der Waals surface area (Å²) in [5.41, 5.74) is 2.11. The summed E-state index contributed by atoms with van der Waals surface area (Å²) in [4.78, 5) is 38.2. The van der Waals surface area contributed by atoms with E-state index in [0.29, 0.717) is 27.8 Å². The SMILES string of the molecule is COc1cc(/C=C2/NC(=O)N(CC(=O)Nc3cccc(C)c3)C2=O)cc(Cl)c1OC(C)C. The van der Waals surface area contributed by atoms with Gasteiger partial charge in [-0.2, -0.15) is 0 Å². The highest BCUT2D eigenvalue weighted by atomic mass is 35.5. The second-order valence-corrected chi connectivity index (χ2v) is 7.91. The summed E-state index contributed by atoms with van der Waals surface area (Å²) in [7, 11) is 1.48. The highest BCUT2D eigenvalue weighted by Crippen LogP contribution is 2.37. The van der Waals surface area contributed by atoms with Crippen molar-refractivity contribution in [2.24, 2.45) is 0 Å². The third-order valence-electron chi connectivity index (χ3n) is 4.48. The molecule has 2 aromatic rings. The molecule has 3 rings (SSSR count). The topological polar surface area (TPSA) is 97.0 Å². The zero-order valence-corrected chi connectivity index (χ0v) is 18.9. The normalized spacial score (nSPS) is 14.7. The Balaban J connectivity index is 1.76. The Morgan fingerprint density at radius 1 is 1.25 bits per heavy atom. The smallest absolute Gasteiger partial charge is 0.329 e. The first-order chi connectivity index (χ1) is 15.2. The lowest BCUT2D eigenvalue weighted by Gasteiger charge is -2.15. The lowest BCUT2D eigenvalue weighted by molar-refractivity contribution is -0.127. The number of rotatable bonds is 7. The minimum Gasteiger partial charge on any atom is -0.493 e. The van der Waals surface area contributed by atoms with Gasteiger partial charge >= 0.3 is 6.03 Å². The minimum atomic E-state index is -0.682. The van der Waals surface area contributed by atoms with Crippen LogP contribution in [0.4, 0.5) is 10.5 Å². The van der Waals surface area contributed by atoms with Crippen molar-refractivity contribution in [3.05, 3.63) is 58.2 Å². The zero-order valence-electron chi connectivity index (χ0n) is 18.2. The molecule has 1 heterocycles. The number of methoxy groups -OCH3 is 1. The number of halogens is 1. The third kappa shape index (κ3) is 5.39. The number of ether oxygens (including phenoxy) is 2. The summed E-state index contributed by atoms with van der Waals surface area (Å²) in [6.45, 7) is 5.21. The number of amides is 4. The molecule has 8 nitrogen and oxygen atoms in total. The monoisotopic (exact) mass is 457 g/mol. The predicted octanol–water partition coefficient (Wildman–Crippen LogP) is 3.98. The van der Waals surface area contributed by atoms with E-state index in [1.165, 1.54) is 13.2 Å². The Bertz CT molecular complexity index is 1100. The van der Waals surface area contributed by atoms with Gasteiger partial charge in [0.15, 0.2) is 11.5 Å². The number of nitrogens with zero attached hydrogens (tertiary/aromatic N) is 1. The molecule has 9 heteroatoms. The van der Waals surface area contributed by atoms with Crippen molar-refractivity contribution in [1.29, 1.82) is 0 Å². The van der Waals surface area contributed by atoms with Crippen LogP contribution in [0.5, 0.6) is 11.5 Å². The highest BCUT2D eigenvalue weighted by molar-refractivity contribution is 6.32. The van der Waals surface area contributed by atoms with Gasteiger partial charge in [0.2, 0.25) is 5.91 Å². The summed E-state index contributed by atoms with van der Waals surface area (Å²) in [6, 6.07) is 9.77. The molecule has 1 aliphatic heterocycles. The second-order valence-electron chi connectivity index (χ2n) is 7.50. The minimum absolute atomic E-state index is 0.0222. The Morgan fingerprint density at radius 2 is 2.00 bits per heavy atom. The molecule has 0 radical (unpaired) electrons. The number of urea groups is 1. The van der Waals surface area contributed by atoms with Crippen LogP contribution in [0.15, 0.2) is 42.1 Å². The highest BCUT2D eigenvalue weighted by Gasteiger charge is 2.35. The van der Waals surface area contributed by atoms with E-state index in [1.807, 2.05) is 26.8 Å². The van der Waals surface area contributed by atoms with E-state index in [0.717, 1.165) is 10.5 Å². The van der Waals surface area contributed by atoms with Gasteiger partial charge in [-0.15, -0.1) is 0 Å². The second kappa shape index (κ2) is 9.74. The zero-order chi connectivity index (χ0) is 23.4. The molecule has 2 N–H and O–H groups in total. The fourth-order valence-corrected chi connectivity index (χ4v) is 3.39. The maximum Gasteiger partial charge on any atom is 0.329 e. The van der Waals surface area contributed by atoms with Gasteiger partial charge in [-0.1, -0.05) is 23.7 Å². The van der Waals surface area contributed by atoms with E-state index in [9.17, 15) is 14.4 Å². The molecule has 2 aromatic carbocycles. The van der Waals surface area contributed by atoms with E-state index >= 15 is 0 Å². The average Bonchev–Trinajstić information content (AvgIpc) is 2.96. The van der Waals surface area contributed by atoms with E-state index in [1.54, 1.807) is 30.3 Å². The maximum absolute atomic E-state index is 12.7. The van der Waals surface area contributed by atoms with Crippen LogP contribution in [-0.4, -0.2) is 42.5 Å². The Morgan fingerprint density at radius 3 is 2.66 bits per heavy atom. The number of benzene rings is 2. The first-order valence-corrected chi connectivity index (χ1v) is 10.3. The molecule has 0 saturated carbocycles. The maximum atomic E-state index is 12.7. The number of hydrogen-bond acceptors (Lipinski definition) is 5. The van der Waals surface area contributed by atoms with Crippen molar-refractivity contribution in [2.45, 2.75) is 26.9 Å². The molecule has 0 unspecified atom stereocenters. The predicted molar refractivity (Wildman–Crippen MR) is 122 cm³/mol. The Kier molecular flexibility index (Phi) is 7.05. The Hall–Kier alpha value is -3.52. The van der Waals surface area contributed by atoms with Gasteiger partial charge in [-0.05, 0) is 62.2 Å². The summed E-state index contributed by atoms with van der Waals surface area (Å²) in [6.07, 6.45) is 1.35. The molecule has 32 heavy (non-hydrogen) atoms. The van der Waals surface area contributed by atoms with Crippen molar-refractivity contribution in [3.63, 3.8) is 0 Å². The van der Waals surface area contributed by atoms with Gasteiger partial charge in [0, 0.05) is 5.69 Å². The number of carbonyl (C=O) groups is 3. The molecule has 1 saturated heterocycles. The van der Waals surface area contributed by atoms with E-state index < -0.39 is 24.4 Å². The van der Waals surface area contributed by atoms with Gasteiger partial charge in [-0.3, -0.25) is 9.59 Å². The van der Waals surface area contributed by atoms with E-state index in [-0.39, 0.29) is 11.8 Å². The fraction of sp³-hybridized carbons (Fsp3) is 0.261. The van der Waals surface area contributed by atoms with Crippen molar-refractivity contribution in [1.82, 2.24) is 10.2 Å². The molecule has 0 bridgehead atoms. The van der Waals surface area contributed by atoms with Crippen LogP contribution in [-0.2, 0) is 9.59 Å². The van der Waals surface area contributed by atoms with Gasteiger partial charge in [0.25, 0.3) is 5.91 Å². The van der Waals surface area contributed by atoms with Crippen LogP contribution >= 0.6 is 11.6 Å². The first-order valence-electron chi connectivity index (χ1n) is 9.93. The molecule has 0 aliphatic carbocycles. The van der Waals surface area contributed by atoms with Gasteiger partial charge in [0.1, 0.15) is 12.2 Å². The summed E-state index contributed by atoms with van der Waals surface area (Å²) in [5, 5.41) is 5.47. The van der Waals surface area contributed by atoms with Gasteiger partial charge in [0.05, 0.1) is 18.2 Å². The van der Waals surface area contributed by atoms with Crippen LogP contribution < -0.4 is 20.1 Å². The molecule has 1 fully saturated rings. The van der Waals surface area contributed by atoms with E-state index in [2.05, 4.69) is 10.6 Å².